The van der Waals surface area contributed by atoms with Crippen LogP contribution in [-0.2, 0) is 12.6 Å². The summed E-state index contributed by atoms with van der Waals surface area (Å²) in [6.45, 7) is 7.62. The minimum Gasteiger partial charge on any atom is -0.374 e. The fourth-order valence-electron chi connectivity index (χ4n) is 3.67. The fourth-order valence-corrected chi connectivity index (χ4v) is 3.67. The minimum atomic E-state index is -4.85. The van der Waals surface area contributed by atoms with Gasteiger partial charge in [0.1, 0.15) is 5.82 Å². The number of hydrogen-bond acceptors (Lipinski definition) is 4. The number of halogens is 4. The Balaban J connectivity index is 0.00000480. The van der Waals surface area contributed by atoms with Crippen molar-refractivity contribution in [1.29, 1.82) is 0 Å². The van der Waals surface area contributed by atoms with Crippen molar-refractivity contribution in [2.75, 3.05) is 32.7 Å². The van der Waals surface area contributed by atoms with E-state index in [0.717, 1.165) is 32.5 Å². The Morgan fingerprint density at radius 1 is 1.29 bits per heavy atom. The lowest BCUT2D eigenvalue weighted by atomic mass is 9.98. The molecule has 1 aliphatic heterocycles. The van der Waals surface area contributed by atoms with Crippen molar-refractivity contribution in [2.24, 2.45) is 12.0 Å². The SMILES string of the molecule is CCCCN1CCC(NC(=NCCC(O)(c2nccn2C)C(F)(F)F)NCC)CC1.I. The molecule has 0 saturated carbocycles. The van der Waals surface area contributed by atoms with Gasteiger partial charge in [-0.3, -0.25) is 4.99 Å². The maximum Gasteiger partial charge on any atom is 0.424 e. The average molecular weight is 560 g/mol. The smallest absolute Gasteiger partial charge is 0.374 e. The Labute approximate surface area is 199 Å². The van der Waals surface area contributed by atoms with Gasteiger partial charge < -0.3 is 25.2 Å². The van der Waals surface area contributed by atoms with E-state index in [4.69, 9.17) is 0 Å². The monoisotopic (exact) mass is 560 g/mol. The van der Waals surface area contributed by atoms with Crippen molar-refractivity contribution in [3.63, 3.8) is 0 Å². The summed E-state index contributed by atoms with van der Waals surface area (Å²) in [6.07, 6.45) is 1.48. The number of aromatic nitrogens is 2. The summed E-state index contributed by atoms with van der Waals surface area (Å²) in [5.74, 6) is 0.0523. The van der Waals surface area contributed by atoms with Crippen LogP contribution in [0.5, 0.6) is 0 Å². The molecular formula is C20H36F3IN6O. The molecule has 2 rings (SSSR count). The van der Waals surface area contributed by atoms with Gasteiger partial charge in [0, 0.05) is 58.1 Å². The van der Waals surface area contributed by atoms with Gasteiger partial charge in [-0.05, 0) is 32.7 Å². The van der Waals surface area contributed by atoms with Crippen LogP contribution in [0.2, 0.25) is 0 Å². The Kier molecular flexibility index (Phi) is 11.6. The van der Waals surface area contributed by atoms with Gasteiger partial charge >= 0.3 is 6.18 Å². The molecule has 3 N–H and O–H groups in total. The molecule has 0 bridgehead atoms. The van der Waals surface area contributed by atoms with Gasteiger partial charge in [0.15, 0.2) is 5.96 Å². The highest BCUT2D eigenvalue weighted by Gasteiger charge is 2.57. The summed E-state index contributed by atoms with van der Waals surface area (Å²) in [5, 5.41) is 16.9. The van der Waals surface area contributed by atoms with E-state index in [0.29, 0.717) is 12.5 Å². The van der Waals surface area contributed by atoms with Crippen LogP contribution in [-0.4, -0.2) is 70.5 Å². The molecular weight excluding hydrogens is 524 g/mol. The number of nitrogens with one attached hydrogen (secondary N) is 2. The quantitative estimate of drug-likeness (QED) is 0.246. The molecule has 1 aromatic heterocycles. The number of hydrogen-bond donors (Lipinski definition) is 3. The van der Waals surface area contributed by atoms with E-state index in [1.54, 1.807) is 0 Å². The van der Waals surface area contributed by atoms with Crippen LogP contribution in [0.3, 0.4) is 0 Å². The molecule has 0 amide bonds. The maximum absolute atomic E-state index is 13.6. The van der Waals surface area contributed by atoms with Crippen molar-refractivity contribution in [3.05, 3.63) is 18.2 Å². The molecule has 0 aliphatic carbocycles. The van der Waals surface area contributed by atoms with Gasteiger partial charge in [0.05, 0.1) is 0 Å². The summed E-state index contributed by atoms with van der Waals surface area (Å²) >= 11 is 0. The highest BCUT2D eigenvalue weighted by molar-refractivity contribution is 14.0. The second kappa shape index (κ2) is 12.8. The third-order valence-electron chi connectivity index (χ3n) is 5.50. The number of aliphatic hydroxyl groups is 1. The van der Waals surface area contributed by atoms with Crippen LogP contribution in [0, 0.1) is 0 Å². The summed E-state index contributed by atoms with van der Waals surface area (Å²) in [4.78, 5) is 10.5. The van der Waals surface area contributed by atoms with E-state index >= 15 is 0 Å². The number of nitrogens with zero attached hydrogens (tertiary/aromatic N) is 4. The zero-order valence-electron chi connectivity index (χ0n) is 18.6. The van der Waals surface area contributed by atoms with E-state index in [9.17, 15) is 18.3 Å². The lowest BCUT2D eigenvalue weighted by molar-refractivity contribution is -0.272. The van der Waals surface area contributed by atoms with Gasteiger partial charge in [0.25, 0.3) is 0 Å². The van der Waals surface area contributed by atoms with Gasteiger partial charge in [0.2, 0.25) is 5.60 Å². The molecule has 1 fully saturated rings. The second-order valence-electron chi connectivity index (χ2n) is 7.84. The van der Waals surface area contributed by atoms with Crippen LogP contribution in [0.4, 0.5) is 13.2 Å². The summed E-state index contributed by atoms with van der Waals surface area (Å²) in [6, 6.07) is 0.233. The van der Waals surface area contributed by atoms with Crippen LogP contribution in [0.25, 0.3) is 0 Å². The van der Waals surface area contributed by atoms with E-state index in [1.165, 1.54) is 36.9 Å². The molecule has 0 aromatic carbocycles. The van der Waals surface area contributed by atoms with Crippen LogP contribution < -0.4 is 10.6 Å². The fraction of sp³-hybridized carbons (Fsp3) is 0.800. The standard InChI is InChI=1S/C20H35F3N6O.HI/c1-4-6-12-29-13-7-16(8-14-29)27-18(24-5-2)26-10-9-19(30,20(21,22)23)17-25-11-15-28(17)3;/h11,15-16,30H,4-10,12-14H2,1-3H3,(H2,24,26,27);1H. The molecule has 11 heteroatoms. The zero-order valence-corrected chi connectivity index (χ0v) is 20.9. The van der Waals surface area contributed by atoms with Crippen LogP contribution in [0.1, 0.15) is 51.8 Å². The first-order chi connectivity index (χ1) is 14.2. The highest BCUT2D eigenvalue weighted by atomic mass is 127. The molecule has 180 valence electrons. The molecule has 0 radical (unpaired) electrons. The number of imidazole rings is 1. The topological polar surface area (TPSA) is 77.7 Å². The van der Waals surface area contributed by atoms with Gasteiger partial charge in [-0.2, -0.15) is 13.2 Å². The molecule has 1 aliphatic rings. The third-order valence-corrected chi connectivity index (χ3v) is 5.50. The predicted octanol–water partition coefficient (Wildman–Crippen LogP) is 3.00. The highest BCUT2D eigenvalue weighted by Crippen LogP contribution is 2.40. The lowest BCUT2D eigenvalue weighted by Crippen LogP contribution is -2.49. The third kappa shape index (κ3) is 7.77. The van der Waals surface area contributed by atoms with E-state index < -0.39 is 24.0 Å². The average Bonchev–Trinajstić information content (AvgIpc) is 3.13. The van der Waals surface area contributed by atoms with E-state index in [1.807, 2.05) is 6.92 Å². The van der Waals surface area contributed by atoms with Gasteiger partial charge in [-0.1, -0.05) is 13.3 Å². The number of piperidine rings is 1. The Morgan fingerprint density at radius 2 is 1.97 bits per heavy atom. The first-order valence-electron chi connectivity index (χ1n) is 10.7. The van der Waals surface area contributed by atoms with E-state index in [2.05, 4.69) is 32.4 Å². The summed E-state index contributed by atoms with van der Waals surface area (Å²) in [5.41, 5.74) is -3.04. The number of aryl methyl sites for hydroxylation is 1. The number of likely N-dealkylation sites (tertiary alicyclic amines) is 1. The normalized spacial score (nSPS) is 18.4. The van der Waals surface area contributed by atoms with Gasteiger partial charge in [-0.25, -0.2) is 4.98 Å². The van der Waals surface area contributed by atoms with Crippen molar-refractivity contribution >= 4 is 29.9 Å². The largest absolute Gasteiger partial charge is 0.424 e. The number of aliphatic imine (C=N–C) groups is 1. The van der Waals surface area contributed by atoms with Crippen molar-refractivity contribution in [3.8, 4) is 0 Å². The Morgan fingerprint density at radius 3 is 2.48 bits per heavy atom. The van der Waals surface area contributed by atoms with Crippen LogP contribution >= 0.6 is 24.0 Å². The molecule has 1 aromatic rings. The first-order valence-corrected chi connectivity index (χ1v) is 10.7. The second-order valence-corrected chi connectivity index (χ2v) is 7.84. The van der Waals surface area contributed by atoms with Crippen LogP contribution in [0.15, 0.2) is 17.4 Å². The number of rotatable bonds is 9. The number of unbranched alkanes of at least 4 members (excludes halogenated alkanes) is 1. The maximum atomic E-state index is 13.6. The molecule has 31 heavy (non-hydrogen) atoms. The number of guanidine groups is 1. The molecule has 0 spiro atoms. The van der Waals surface area contributed by atoms with Crippen molar-refractivity contribution in [1.82, 2.24) is 25.1 Å². The first kappa shape index (κ1) is 28.0. The predicted molar refractivity (Wildman–Crippen MR) is 127 cm³/mol. The summed E-state index contributed by atoms with van der Waals surface area (Å²) < 4.78 is 42.1. The van der Waals surface area contributed by atoms with Gasteiger partial charge in [-0.15, -0.1) is 24.0 Å². The Hall–Kier alpha value is -1.08. The molecule has 1 atom stereocenters. The zero-order chi connectivity index (χ0) is 22.2. The molecule has 1 saturated heterocycles. The number of alkyl halides is 3. The summed E-state index contributed by atoms with van der Waals surface area (Å²) in [7, 11) is 1.43. The lowest BCUT2D eigenvalue weighted by Gasteiger charge is -2.33. The van der Waals surface area contributed by atoms with Crippen molar-refractivity contribution in [2.45, 2.75) is 63.8 Å². The van der Waals surface area contributed by atoms with E-state index in [-0.39, 0.29) is 36.6 Å². The minimum absolute atomic E-state index is 0. The molecule has 7 nitrogen and oxygen atoms in total. The molecule has 2 heterocycles. The Bertz CT molecular complexity index is 676. The van der Waals surface area contributed by atoms with Crippen molar-refractivity contribution < 1.29 is 18.3 Å². The molecule has 1 unspecified atom stereocenters.